The van der Waals surface area contributed by atoms with Gasteiger partial charge in [0.05, 0.1) is 17.8 Å². The first-order valence-electron chi connectivity index (χ1n) is 11.4. The molecule has 1 saturated heterocycles. The van der Waals surface area contributed by atoms with Crippen molar-refractivity contribution in [2.45, 2.75) is 39.3 Å². The van der Waals surface area contributed by atoms with Crippen LogP contribution in [0.25, 0.3) is 5.69 Å². The minimum absolute atomic E-state index is 0.00957. The zero-order chi connectivity index (χ0) is 22.9. The van der Waals surface area contributed by atoms with Gasteiger partial charge in [-0.25, -0.2) is 0 Å². The monoisotopic (exact) mass is 452 g/mol. The summed E-state index contributed by atoms with van der Waals surface area (Å²) in [5.74, 6) is 0. The molecular weight excluding hydrogens is 424 g/mol. The number of rotatable bonds is 5. The van der Waals surface area contributed by atoms with Gasteiger partial charge in [0, 0.05) is 29.0 Å². The predicted molar refractivity (Wildman–Crippen MR) is 139 cm³/mol. The summed E-state index contributed by atoms with van der Waals surface area (Å²) in [4.78, 5) is 6.92. The van der Waals surface area contributed by atoms with E-state index < -0.39 is 0 Å². The molecule has 3 heterocycles. The number of hydrogen-bond donors (Lipinski definition) is 1. The number of anilines is 1. The molecule has 4 aromatic rings. The third kappa shape index (κ3) is 3.83. The van der Waals surface area contributed by atoms with Crippen LogP contribution in [0.4, 0.5) is 5.69 Å². The summed E-state index contributed by atoms with van der Waals surface area (Å²) in [6, 6.07) is 27.5. The van der Waals surface area contributed by atoms with Crippen molar-refractivity contribution in [2.75, 3.05) is 4.90 Å². The standard InChI is InChI=1S/C28H28N4S/c1-4-21-13-15-23(16-14-21)31-19(2)18-24(20(31)3)27-26(25-12-8-9-17-29-25)30-28(33)32(27)22-10-6-5-7-11-22/h5-18,26-27H,4H2,1-3H3,(H,30,33)/t26-,27+/m0/s1. The van der Waals surface area contributed by atoms with Gasteiger partial charge in [-0.3, -0.25) is 4.98 Å². The van der Waals surface area contributed by atoms with E-state index >= 15 is 0 Å². The van der Waals surface area contributed by atoms with Crippen molar-refractivity contribution >= 4 is 23.0 Å². The molecule has 1 aliphatic heterocycles. The molecule has 4 nitrogen and oxygen atoms in total. The van der Waals surface area contributed by atoms with E-state index in [-0.39, 0.29) is 12.1 Å². The van der Waals surface area contributed by atoms with E-state index in [1.54, 1.807) is 0 Å². The maximum absolute atomic E-state index is 5.86. The fraction of sp³-hybridized carbons (Fsp3) is 0.214. The SMILES string of the molecule is CCc1ccc(-n2c(C)cc([C@@H]3[C@H](c4ccccn4)NC(=S)N3c3ccccc3)c2C)cc1. The van der Waals surface area contributed by atoms with Gasteiger partial charge in [-0.05, 0) is 86.1 Å². The van der Waals surface area contributed by atoms with Gasteiger partial charge < -0.3 is 14.8 Å². The van der Waals surface area contributed by atoms with E-state index in [1.165, 1.54) is 28.2 Å². The Kier molecular flexibility index (Phi) is 5.73. The maximum Gasteiger partial charge on any atom is 0.174 e. The molecule has 5 rings (SSSR count). The van der Waals surface area contributed by atoms with E-state index in [0.29, 0.717) is 0 Å². The molecule has 1 aliphatic rings. The lowest BCUT2D eigenvalue weighted by Crippen LogP contribution is -2.29. The Morgan fingerprint density at radius 1 is 0.909 bits per heavy atom. The van der Waals surface area contributed by atoms with Gasteiger partial charge >= 0.3 is 0 Å². The highest BCUT2D eigenvalue weighted by Gasteiger charge is 2.42. The van der Waals surface area contributed by atoms with Crippen LogP contribution in [0, 0.1) is 13.8 Å². The van der Waals surface area contributed by atoms with E-state index in [0.717, 1.165) is 22.9 Å². The molecule has 0 radical (unpaired) electrons. The molecule has 0 unspecified atom stereocenters. The molecule has 5 heteroatoms. The second kappa shape index (κ2) is 8.83. The number of hydrogen-bond acceptors (Lipinski definition) is 2. The molecule has 2 aromatic carbocycles. The lowest BCUT2D eigenvalue weighted by molar-refractivity contribution is 0.565. The second-order valence-corrected chi connectivity index (χ2v) is 8.90. The summed E-state index contributed by atoms with van der Waals surface area (Å²) in [6.45, 7) is 6.56. The maximum atomic E-state index is 5.86. The van der Waals surface area contributed by atoms with Gasteiger partial charge in [0.2, 0.25) is 0 Å². The van der Waals surface area contributed by atoms with E-state index in [2.05, 4.69) is 101 Å². The van der Waals surface area contributed by atoms with Gasteiger partial charge in [-0.1, -0.05) is 43.3 Å². The van der Waals surface area contributed by atoms with Gasteiger partial charge in [0.1, 0.15) is 0 Å². The molecule has 0 bridgehead atoms. The molecule has 33 heavy (non-hydrogen) atoms. The summed E-state index contributed by atoms with van der Waals surface area (Å²) in [6.07, 6.45) is 2.89. The summed E-state index contributed by atoms with van der Waals surface area (Å²) < 4.78 is 2.34. The average molecular weight is 453 g/mol. The number of para-hydroxylation sites is 1. The predicted octanol–water partition coefficient (Wildman–Crippen LogP) is 6.23. The van der Waals surface area contributed by atoms with Crippen molar-refractivity contribution in [3.05, 3.63) is 113 Å². The van der Waals surface area contributed by atoms with E-state index in [1.807, 2.05) is 24.4 Å². The highest BCUT2D eigenvalue weighted by Crippen LogP contribution is 2.43. The average Bonchev–Trinajstić information content (AvgIpc) is 3.35. The highest BCUT2D eigenvalue weighted by atomic mass is 32.1. The Bertz CT molecular complexity index is 1260. The summed E-state index contributed by atoms with van der Waals surface area (Å²) >= 11 is 5.86. The van der Waals surface area contributed by atoms with Crippen molar-refractivity contribution in [2.24, 2.45) is 0 Å². The molecule has 166 valence electrons. The molecule has 0 amide bonds. The minimum Gasteiger partial charge on any atom is -0.351 e. The Hall–Kier alpha value is -3.44. The molecule has 1 N–H and O–H groups in total. The number of aryl methyl sites for hydroxylation is 2. The first-order valence-corrected chi connectivity index (χ1v) is 11.8. The number of thiocarbonyl (C=S) groups is 1. The lowest BCUT2D eigenvalue weighted by Gasteiger charge is -2.28. The summed E-state index contributed by atoms with van der Waals surface area (Å²) in [5.41, 5.74) is 8.27. The first kappa shape index (κ1) is 21.4. The summed E-state index contributed by atoms with van der Waals surface area (Å²) in [7, 11) is 0. The van der Waals surface area contributed by atoms with Crippen LogP contribution in [0.3, 0.4) is 0 Å². The fourth-order valence-corrected chi connectivity index (χ4v) is 5.25. The number of nitrogens with one attached hydrogen (secondary N) is 1. The minimum atomic E-state index is -0.0460. The molecule has 2 aromatic heterocycles. The molecule has 0 spiro atoms. The van der Waals surface area contributed by atoms with Crippen molar-refractivity contribution in [1.82, 2.24) is 14.9 Å². The van der Waals surface area contributed by atoms with Crippen LogP contribution in [0.2, 0.25) is 0 Å². The van der Waals surface area contributed by atoms with Gasteiger partial charge in [-0.15, -0.1) is 0 Å². The Morgan fingerprint density at radius 3 is 2.30 bits per heavy atom. The Labute approximate surface area is 200 Å². The highest BCUT2D eigenvalue weighted by molar-refractivity contribution is 7.80. The van der Waals surface area contributed by atoms with Gasteiger partial charge in [-0.2, -0.15) is 0 Å². The molecule has 0 aliphatic carbocycles. The number of pyridine rings is 1. The van der Waals surface area contributed by atoms with Crippen LogP contribution in [0.5, 0.6) is 0 Å². The second-order valence-electron chi connectivity index (χ2n) is 8.51. The zero-order valence-electron chi connectivity index (χ0n) is 19.2. The Balaban J connectivity index is 1.65. The fourth-order valence-electron chi connectivity index (χ4n) is 4.90. The molecular formula is C28H28N4S. The van der Waals surface area contributed by atoms with Gasteiger partial charge in [0.25, 0.3) is 0 Å². The number of nitrogens with zero attached hydrogens (tertiary/aromatic N) is 3. The largest absolute Gasteiger partial charge is 0.351 e. The lowest BCUT2D eigenvalue weighted by atomic mass is 9.96. The van der Waals surface area contributed by atoms with Crippen LogP contribution >= 0.6 is 12.2 Å². The first-order chi connectivity index (χ1) is 16.1. The van der Waals surface area contributed by atoms with Crippen LogP contribution in [0.15, 0.2) is 85.1 Å². The van der Waals surface area contributed by atoms with Gasteiger partial charge in [0.15, 0.2) is 5.11 Å². The quantitative estimate of drug-likeness (QED) is 0.364. The van der Waals surface area contributed by atoms with E-state index in [4.69, 9.17) is 12.2 Å². The van der Waals surface area contributed by atoms with Crippen molar-refractivity contribution < 1.29 is 0 Å². The number of benzene rings is 2. The Morgan fingerprint density at radius 2 is 1.64 bits per heavy atom. The third-order valence-electron chi connectivity index (χ3n) is 6.52. The normalized spacial score (nSPS) is 17.9. The number of aromatic nitrogens is 2. The molecule has 0 saturated carbocycles. The van der Waals surface area contributed by atoms with Crippen molar-refractivity contribution in [3.8, 4) is 5.69 Å². The van der Waals surface area contributed by atoms with E-state index in [9.17, 15) is 0 Å². The van der Waals surface area contributed by atoms with Crippen molar-refractivity contribution in [3.63, 3.8) is 0 Å². The molecule has 2 atom stereocenters. The van der Waals surface area contributed by atoms with Crippen molar-refractivity contribution in [1.29, 1.82) is 0 Å². The molecule has 1 fully saturated rings. The van der Waals surface area contributed by atoms with Crippen LogP contribution < -0.4 is 10.2 Å². The third-order valence-corrected chi connectivity index (χ3v) is 6.84. The van der Waals surface area contributed by atoms with Crippen LogP contribution in [-0.4, -0.2) is 14.7 Å². The zero-order valence-corrected chi connectivity index (χ0v) is 20.0. The van der Waals surface area contributed by atoms with Crippen LogP contribution in [-0.2, 0) is 6.42 Å². The van der Waals surface area contributed by atoms with Crippen LogP contribution in [0.1, 0.15) is 47.2 Å². The topological polar surface area (TPSA) is 33.1 Å². The summed E-state index contributed by atoms with van der Waals surface area (Å²) in [5, 5.41) is 4.28. The smallest absolute Gasteiger partial charge is 0.174 e.